The third-order valence-electron chi connectivity index (χ3n) is 0. The fourth-order valence-corrected chi connectivity index (χ4v) is 0. The van der Waals surface area contributed by atoms with E-state index in [1.165, 1.54) is 0 Å². The van der Waals surface area contributed by atoms with Crippen molar-refractivity contribution in [2.75, 3.05) is 0 Å². The monoisotopic (exact) mass is 132 g/mol. The average Bonchev–Trinajstić information content (AvgIpc) is 0.811. The van der Waals surface area contributed by atoms with Gasteiger partial charge in [-0.05, 0) is 0 Å². The molecule has 0 radical (unpaired) electrons. The predicted octanol–water partition coefficient (Wildman–Crippen LogP) is -0.133. The maximum Gasteiger partial charge on any atom is 0.309 e. The molecule has 3 nitrogen and oxygen atoms in total. The average molecular weight is 133 g/mol. The van der Waals surface area contributed by atoms with E-state index in [2.05, 4.69) is 11.5 Å². The minimum absolute atomic E-state index is 0. The van der Waals surface area contributed by atoms with Gasteiger partial charge in [0.15, 0.2) is 0 Å². The van der Waals surface area contributed by atoms with Gasteiger partial charge < -0.3 is 11.5 Å². The lowest BCUT2D eigenvalue weighted by Gasteiger charge is -1.62. The number of urea groups is 1. The molecule has 0 spiro atoms. The number of nitrogens with two attached hydrogens (primary N) is 2. The van der Waals surface area contributed by atoms with E-state index >= 15 is 0 Å². The van der Waals surface area contributed by atoms with Gasteiger partial charge in [0.25, 0.3) is 0 Å². The fourth-order valence-electron chi connectivity index (χ4n) is 0. The van der Waals surface area contributed by atoms with E-state index in [0.717, 1.165) is 0 Å². The Balaban J connectivity index is -0.0000000450. The third-order valence-corrected chi connectivity index (χ3v) is 0. The molecule has 0 fully saturated rings. The Morgan fingerprint density at radius 3 is 1.17 bits per heavy atom. The first-order valence-corrected chi connectivity index (χ1v) is 0.781. The van der Waals surface area contributed by atoms with Crippen LogP contribution in [0.2, 0.25) is 0 Å². The summed E-state index contributed by atoms with van der Waals surface area (Å²) in [6.07, 6.45) is 0. The molecule has 0 bridgehead atoms. The molecule has 0 saturated heterocycles. The van der Waals surface area contributed by atoms with Crippen LogP contribution in [0.1, 0.15) is 0 Å². The first kappa shape index (κ1) is 16.9. The summed E-state index contributed by atoms with van der Waals surface area (Å²) in [7, 11) is 0. The normalized spacial score (nSPS) is 4.00. The van der Waals surface area contributed by atoms with Crippen LogP contribution in [0.25, 0.3) is 0 Å². The van der Waals surface area contributed by atoms with E-state index in [1.54, 1.807) is 0 Å². The maximum absolute atomic E-state index is 9.00. The second-order valence-electron chi connectivity index (χ2n) is 0.402. The standard InChI is InChI=1S/CH4N2O.2ClH/c2-1(3)4;;/h(H4,2,3,4);2*1H. The molecule has 0 aliphatic heterocycles. The number of primary amides is 2. The molecule has 2 amide bonds. The lowest BCUT2D eigenvalue weighted by atomic mass is 11.2. The Morgan fingerprint density at radius 1 is 1.17 bits per heavy atom. The predicted molar refractivity (Wildman–Crippen MR) is 28.3 cm³/mol. The van der Waals surface area contributed by atoms with Crippen LogP contribution in [0.15, 0.2) is 0 Å². The van der Waals surface area contributed by atoms with Crippen molar-refractivity contribution < 1.29 is 4.79 Å². The van der Waals surface area contributed by atoms with Crippen LogP contribution >= 0.6 is 24.8 Å². The molecule has 0 aromatic heterocycles. The second kappa shape index (κ2) is 8.85. The van der Waals surface area contributed by atoms with Crippen LogP contribution in [-0.4, -0.2) is 6.03 Å². The summed E-state index contributed by atoms with van der Waals surface area (Å²) in [4.78, 5) is 9.00. The van der Waals surface area contributed by atoms with Crippen molar-refractivity contribution >= 4 is 30.8 Å². The van der Waals surface area contributed by atoms with Crippen molar-refractivity contribution in [2.45, 2.75) is 0 Å². The van der Waals surface area contributed by atoms with Gasteiger partial charge in [0.1, 0.15) is 0 Å². The minimum Gasteiger partial charge on any atom is -0.352 e. The van der Waals surface area contributed by atoms with Gasteiger partial charge in [-0.2, -0.15) is 0 Å². The Labute approximate surface area is 47.9 Å². The SMILES string of the molecule is Cl.Cl.NC(N)=O. The molecule has 0 aromatic carbocycles. The zero-order valence-corrected chi connectivity index (χ0v) is 4.51. The van der Waals surface area contributed by atoms with Gasteiger partial charge in [0.05, 0.1) is 0 Å². The summed E-state index contributed by atoms with van der Waals surface area (Å²) in [5, 5.41) is 0. The fraction of sp³-hybridized carbons (Fsp3) is 0. The number of rotatable bonds is 0. The molecule has 0 rings (SSSR count). The highest BCUT2D eigenvalue weighted by Gasteiger charge is 1.60. The zero-order valence-electron chi connectivity index (χ0n) is 2.88. The van der Waals surface area contributed by atoms with Crippen molar-refractivity contribution in [2.24, 2.45) is 11.5 Å². The van der Waals surface area contributed by atoms with Gasteiger partial charge in [-0.15, -0.1) is 24.8 Å². The summed E-state index contributed by atoms with van der Waals surface area (Å²) in [5.74, 6) is 0. The highest BCUT2D eigenvalue weighted by Crippen LogP contribution is 1.25. The molecule has 0 saturated carbocycles. The lowest BCUT2D eigenvalue weighted by Crippen LogP contribution is -2.18. The largest absolute Gasteiger partial charge is 0.352 e. The molecule has 0 aliphatic rings. The highest BCUT2D eigenvalue weighted by molar-refractivity contribution is 5.85. The van der Waals surface area contributed by atoms with E-state index in [9.17, 15) is 0 Å². The number of amides is 2. The first-order chi connectivity index (χ1) is 1.73. The molecular weight excluding hydrogens is 127 g/mol. The molecule has 5 heteroatoms. The van der Waals surface area contributed by atoms with Crippen LogP contribution in [0.5, 0.6) is 0 Å². The van der Waals surface area contributed by atoms with Crippen molar-refractivity contribution in [3.8, 4) is 0 Å². The van der Waals surface area contributed by atoms with Crippen molar-refractivity contribution in [3.63, 3.8) is 0 Å². The Bertz CT molecular complexity index is 34.5. The van der Waals surface area contributed by atoms with Crippen LogP contribution < -0.4 is 11.5 Å². The van der Waals surface area contributed by atoms with Gasteiger partial charge in [0, 0.05) is 0 Å². The number of carbonyl (C=O) groups excluding carboxylic acids is 1. The van der Waals surface area contributed by atoms with Crippen molar-refractivity contribution in [1.29, 1.82) is 0 Å². The lowest BCUT2D eigenvalue weighted by molar-refractivity contribution is 0.256. The van der Waals surface area contributed by atoms with E-state index in [0.29, 0.717) is 0 Å². The van der Waals surface area contributed by atoms with Gasteiger partial charge in [-0.1, -0.05) is 0 Å². The summed E-state index contributed by atoms with van der Waals surface area (Å²) >= 11 is 0. The summed E-state index contributed by atoms with van der Waals surface area (Å²) in [5.41, 5.74) is 8.50. The van der Waals surface area contributed by atoms with Crippen molar-refractivity contribution in [3.05, 3.63) is 0 Å². The van der Waals surface area contributed by atoms with Gasteiger partial charge in [-0.3, -0.25) is 0 Å². The second-order valence-corrected chi connectivity index (χ2v) is 0.402. The van der Waals surface area contributed by atoms with Gasteiger partial charge in [0.2, 0.25) is 0 Å². The minimum atomic E-state index is -0.833. The molecule has 6 heavy (non-hydrogen) atoms. The molecule has 0 heterocycles. The topological polar surface area (TPSA) is 69.1 Å². The zero-order chi connectivity index (χ0) is 3.58. The highest BCUT2D eigenvalue weighted by atomic mass is 35.5. The molecule has 40 valence electrons. The molecule has 0 aliphatic carbocycles. The summed E-state index contributed by atoms with van der Waals surface area (Å²) < 4.78 is 0. The Kier molecular flexibility index (Phi) is 25.0. The molecular formula is CH6Cl2N2O. The molecule has 0 aromatic rings. The Morgan fingerprint density at radius 2 is 1.17 bits per heavy atom. The van der Waals surface area contributed by atoms with E-state index < -0.39 is 6.03 Å². The van der Waals surface area contributed by atoms with E-state index in [1.807, 2.05) is 0 Å². The third kappa shape index (κ3) is 1390. The summed E-state index contributed by atoms with van der Waals surface area (Å²) in [6, 6.07) is -0.833. The van der Waals surface area contributed by atoms with E-state index in [-0.39, 0.29) is 24.8 Å². The van der Waals surface area contributed by atoms with E-state index in [4.69, 9.17) is 4.79 Å². The van der Waals surface area contributed by atoms with Crippen LogP contribution in [-0.2, 0) is 0 Å². The van der Waals surface area contributed by atoms with Crippen molar-refractivity contribution in [1.82, 2.24) is 0 Å². The van der Waals surface area contributed by atoms with Crippen LogP contribution in [0.3, 0.4) is 0 Å². The van der Waals surface area contributed by atoms with Crippen LogP contribution in [0, 0.1) is 0 Å². The van der Waals surface area contributed by atoms with Gasteiger partial charge in [-0.25, -0.2) is 4.79 Å². The molecule has 0 atom stereocenters. The first-order valence-electron chi connectivity index (χ1n) is 0.781. The number of hydrogen-bond acceptors (Lipinski definition) is 1. The Hall–Kier alpha value is -0.150. The van der Waals surface area contributed by atoms with Crippen LogP contribution in [0.4, 0.5) is 4.79 Å². The number of hydrogen-bond donors (Lipinski definition) is 2. The number of halogens is 2. The van der Waals surface area contributed by atoms with Gasteiger partial charge >= 0.3 is 6.03 Å². The molecule has 4 N–H and O–H groups in total. The number of carbonyl (C=O) groups is 1. The molecule has 0 unspecified atom stereocenters. The summed E-state index contributed by atoms with van der Waals surface area (Å²) in [6.45, 7) is 0. The smallest absolute Gasteiger partial charge is 0.309 e. The quantitative estimate of drug-likeness (QED) is 0.474. The maximum atomic E-state index is 9.00.